The van der Waals surface area contributed by atoms with Gasteiger partial charge in [0.15, 0.2) is 0 Å². The van der Waals surface area contributed by atoms with Crippen molar-refractivity contribution in [2.45, 2.75) is 19.8 Å². The molecule has 1 aliphatic rings. The number of ether oxygens (including phenoxy) is 2. The van der Waals surface area contributed by atoms with E-state index in [0.29, 0.717) is 13.2 Å². The first-order valence-electron chi connectivity index (χ1n) is 6.35. The maximum absolute atomic E-state index is 11.3. The van der Waals surface area contributed by atoms with Crippen molar-refractivity contribution in [2.24, 2.45) is 5.92 Å². The molecule has 1 aromatic carbocycles. The van der Waals surface area contributed by atoms with E-state index in [0.717, 1.165) is 24.2 Å². The molecule has 0 bridgehead atoms. The van der Waals surface area contributed by atoms with Crippen molar-refractivity contribution in [2.75, 3.05) is 13.2 Å². The Morgan fingerprint density at radius 2 is 2.06 bits per heavy atom. The summed E-state index contributed by atoms with van der Waals surface area (Å²) in [6.07, 6.45) is 5.77. The summed E-state index contributed by atoms with van der Waals surface area (Å²) >= 11 is 0. The molecule has 1 aromatic rings. The van der Waals surface area contributed by atoms with Crippen molar-refractivity contribution in [3.8, 4) is 5.75 Å². The second-order valence-electron chi connectivity index (χ2n) is 4.31. The van der Waals surface area contributed by atoms with E-state index in [4.69, 9.17) is 9.47 Å². The third-order valence-electron chi connectivity index (χ3n) is 2.73. The van der Waals surface area contributed by atoms with Crippen LogP contribution < -0.4 is 4.74 Å². The molecule has 0 aromatic heterocycles. The van der Waals surface area contributed by atoms with Gasteiger partial charge in [-0.05, 0) is 43.5 Å². The number of carbonyl (C=O) groups is 1. The second-order valence-corrected chi connectivity index (χ2v) is 4.31. The van der Waals surface area contributed by atoms with Crippen LogP contribution in [-0.4, -0.2) is 19.2 Å². The predicted molar refractivity (Wildman–Crippen MR) is 70.3 cm³/mol. The fourth-order valence-corrected chi connectivity index (χ4v) is 1.59. The van der Waals surface area contributed by atoms with Crippen LogP contribution in [-0.2, 0) is 9.53 Å². The third kappa shape index (κ3) is 3.91. The molecule has 0 unspecified atom stereocenters. The van der Waals surface area contributed by atoms with Crippen molar-refractivity contribution in [1.29, 1.82) is 0 Å². The van der Waals surface area contributed by atoms with Crippen LogP contribution in [0.5, 0.6) is 5.75 Å². The van der Waals surface area contributed by atoms with Gasteiger partial charge >= 0.3 is 5.97 Å². The zero-order valence-corrected chi connectivity index (χ0v) is 10.6. The van der Waals surface area contributed by atoms with Crippen molar-refractivity contribution in [3.05, 3.63) is 35.9 Å². The quantitative estimate of drug-likeness (QED) is 0.724. The number of carbonyl (C=O) groups excluding carboxylic acids is 1. The molecule has 0 saturated heterocycles. The molecule has 96 valence electrons. The normalized spacial score (nSPS) is 14.7. The highest BCUT2D eigenvalue weighted by Gasteiger charge is 2.30. The van der Waals surface area contributed by atoms with Gasteiger partial charge in [0, 0.05) is 0 Å². The average molecular weight is 246 g/mol. The first-order valence-corrected chi connectivity index (χ1v) is 6.35. The zero-order chi connectivity index (χ0) is 12.8. The molecule has 0 aliphatic heterocycles. The van der Waals surface area contributed by atoms with Crippen LogP contribution in [0.15, 0.2) is 30.3 Å². The largest absolute Gasteiger partial charge is 0.494 e. The van der Waals surface area contributed by atoms with Crippen LogP contribution >= 0.6 is 0 Å². The number of rotatable bonds is 6. The van der Waals surface area contributed by atoms with Gasteiger partial charge in [-0.1, -0.05) is 18.2 Å². The molecule has 0 spiro atoms. The van der Waals surface area contributed by atoms with E-state index in [9.17, 15) is 4.79 Å². The smallest absolute Gasteiger partial charge is 0.309 e. The molecule has 0 radical (unpaired) electrons. The Balaban J connectivity index is 1.75. The molecule has 0 amide bonds. The summed E-state index contributed by atoms with van der Waals surface area (Å²) in [7, 11) is 0. The monoisotopic (exact) mass is 246 g/mol. The highest BCUT2D eigenvalue weighted by molar-refractivity contribution is 5.75. The summed E-state index contributed by atoms with van der Waals surface area (Å²) in [5, 5.41) is 0. The lowest BCUT2D eigenvalue weighted by Crippen LogP contribution is -2.05. The van der Waals surface area contributed by atoms with Crippen LogP contribution in [0, 0.1) is 5.92 Å². The highest BCUT2D eigenvalue weighted by Crippen LogP contribution is 2.29. The van der Waals surface area contributed by atoms with Crippen molar-refractivity contribution in [1.82, 2.24) is 0 Å². The Kier molecular flexibility index (Phi) is 4.40. The van der Waals surface area contributed by atoms with Gasteiger partial charge in [-0.15, -0.1) is 0 Å². The Morgan fingerprint density at radius 3 is 2.67 bits per heavy atom. The minimum atomic E-state index is -0.0636. The molecule has 0 heterocycles. The molecule has 3 nitrogen and oxygen atoms in total. The van der Waals surface area contributed by atoms with Gasteiger partial charge < -0.3 is 9.47 Å². The standard InChI is InChI=1S/C15H18O3/c1-2-17-14-9-5-12(6-10-14)4-3-11-18-15(16)13-7-8-13/h3-6,9-10,13H,2,7-8,11H2,1H3. The van der Waals surface area contributed by atoms with Crippen molar-refractivity contribution in [3.63, 3.8) is 0 Å². The molecule has 3 heteroatoms. The third-order valence-corrected chi connectivity index (χ3v) is 2.73. The molecule has 18 heavy (non-hydrogen) atoms. The van der Waals surface area contributed by atoms with Crippen LogP contribution in [0.4, 0.5) is 0 Å². The number of esters is 1. The van der Waals surface area contributed by atoms with Crippen molar-refractivity contribution >= 4 is 12.0 Å². The van der Waals surface area contributed by atoms with Crippen LogP contribution in [0.25, 0.3) is 6.08 Å². The number of hydrogen-bond acceptors (Lipinski definition) is 3. The number of benzene rings is 1. The van der Waals surface area contributed by atoms with E-state index in [1.165, 1.54) is 0 Å². The van der Waals surface area contributed by atoms with Crippen LogP contribution in [0.1, 0.15) is 25.3 Å². The Bertz CT molecular complexity index is 416. The lowest BCUT2D eigenvalue weighted by atomic mass is 10.2. The van der Waals surface area contributed by atoms with Gasteiger partial charge in [0.2, 0.25) is 0 Å². The molecule has 0 N–H and O–H groups in total. The van der Waals surface area contributed by atoms with Crippen molar-refractivity contribution < 1.29 is 14.3 Å². The van der Waals surface area contributed by atoms with Crippen LogP contribution in [0.3, 0.4) is 0 Å². The van der Waals surface area contributed by atoms with Gasteiger partial charge in [0.05, 0.1) is 12.5 Å². The summed E-state index contributed by atoms with van der Waals surface area (Å²) < 4.78 is 10.5. The maximum Gasteiger partial charge on any atom is 0.309 e. The first kappa shape index (κ1) is 12.7. The molecule has 1 saturated carbocycles. The molecule has 1 aliphatic carbocycles. The minimum Gasteiger partial charge on any atom is -0.494 e. The predicted octanol–water partition coefficient (Wildman–Crippen LogP) is 3.05. The lowest BCUT2D eigenvalue weighted by Gasteiger charge is -2.02. The molecule has 0 atom stereocenters. The van der Waals surface area contributed by atoms with Gasteiger partial charge in [-0.3, -0.25) is 4.79 Å². The van der Waals surface area contributed by atoms with Gasteiger partial charge in [0.1, 0.15) is 12.4 Å². The Labute approximate surface area is 107 Å². The fraction of sp³-hybridized carbons (Fsp3) is 0.400. The molecular weight excluding hydrogens is 228 g/mol. The molecule has 2 rings (SSSR count). The summed E-state index contributed by atoms with van der Waals surface area (Å²) in [4.78, 5) is 11.3. The van der Waals surface area contributed by atoms with E-state index in [1.807, 2.05) is 43.3 Å². The van der Waals surface area contributed by atoms with E-state index < -0.39 is 0 Å². The van der Waals surface area contributed by atoms with Gasteiger partial charge in [0.25, 0.3) is 0 Å². The average Bonchev–Trinajstić information content (AvgIpc) is 3.21. The topological polar surface area (TPSA) is 35.5 Å². The van der Waals surface area contributed by atoms with E-state index in [2.05, 4.69) is 0 Å². The van der Waals surface area contributed by atoms with Gasteiger partial charge in [-0.25, -0.2) is 0 Å². The Hall–Kier alpha value is -1.77. The Morgan fingerprint density at radius 1 is 1.33 bits per heavy atom. The minimum absolute atomic E-state index is 0.0636. The van der Waals surface area contributed by atoms with E-state index in [1.54, 1.807) is 0 Å². The summed E-state index contributed by atoms with van der Waals surface area (Å²) in [6, 6.07) is 7.81. The summed E-state index contributed by atoms with van der Waals surface area (Å²) in [5.74, 6) is 0.977. The highest BCUT2D eigenvalue weighted by atomic mass is 16.5. The van der Waals surface area contributed by atoms with Crippen LogP contribution in [0.2, 0.25) is 0 Å². The van der Waals surface area contributed by atoms with E-state index >= 15 is 0 Å². The molecular formula is C15H18O3. The van der Waals surface area contributed by atoms with Gasteiger partial charge in [-0.2, -0.15) is 0 Å². The zero-order valence-electron chi connectivity index (χ0n) is 10.6. The lowest BCUT2D eigenvalue weighted by molar-refractivity contribution is -0.143. The van der Waals surface area contributed by atoms with E-state index in [-0.39, 0.29) is 11.9 Å². The first-order chi connectivity index (χ1) is 8.79. The SMILES string of the molecule is CCOc1ccc(C=CCOC(=O)C2CC2)cc1. The maximum atomic E-state index is 11.3. The molecule has 1 fully saturated rings. The summed E-state index contributed by atoms with van der Waals surface area (Å²) in [5.41, 5.74) is 1.07. The number of hydrogen-bond donors (Lipinski definition) is 0. The fourth-order valence-electron chi connectivity index (χ4n) is 1.59. The summed E-state index contributed by atoms with van der Waals surface area (Å²) in [6.45, 7) is 2.98. The second kappa shape index (κ2) is 6.24.